The van der Waals surface area contributed by atoms with E-state index in [1.165, 1.54) is 0 Å². The van der Waals surface area contributed by atoms with Crippen LogP contribution in [0.15, 0.2) is 108 Å². The van der Waals surface area contributed by atoms with Crippen LogP contribution in [0.4, 0.5) is 11.4 Å². The maximum Gasteiger partial charge on any atom is 0.218 e. The van der Waals surface area contributed by atoms with Crippen LogP contribution in [0.1, 0.15) is 54.9 Å². The molecule has 0 radical (unpaired) electrons. The second-order valence-electron chi connectivity index (χ2n) is 8.85. The molecule has 2 aliphatic carbocycles. The van der Waals surface area contributed by atoms with Crippen LogP contribution in [0.5, 0.6) is 11.8 Å². The Kier molecular flexibility index (Phi) is 11.2. The minimum atomic E-state index is -0.646. The van der Waals surface area contributed by atoms with Gasteiger partial charge in [-0.3, -0.25) is 0 Å². The third kappa shape index (κ3) is 8.11. The van der Waals surface area contributed by atoms with Gasteiger partial charge in [-0.15, -0.1) is 0 Å². The van der Waals surface area contributed by atoms with Gasteiger partial charge < -0.3 is 25.7 Å². The highest BCUT2D eigenvalue weighted by molar-refractivity contribution is 5.42. The molecule has 0 spiro atoms. The molecule has 2 aromatic rings. The molecule has 0 saturated heterocycles. The van der Waals surface area contributed by atoms with Crippen molar-refractivity contribution in [2.45, 2.75) is 66.6 Å². The molecule has 1 aliphatic heterocycles. The molecule has 2 atom stereocenters. The largest absolute Gasteiger partial charge is 0.485 e. The van der Waals surface area contributed by atoms with Crippen LogP contribution < -0.4 is 20.9 Å². The molecule has 5 rings (SSSR count). The fourth-order valence-corrected chi connectivity index (χ4v) is 4.07. The van der Waals surface area contributed by atoms with Gasteiger partial charge in [-0.1, -0.05) is 53.0 Å². The van der Waals surface area contributed by atoms with Crippen molar-refractivity contribution in [3.05, 3.63) is 108 Å². The number of pyridine rings is 2. The molecule has 3 heterocycles. The number of hydrogen-bond donors (Lipinski definition) is 2. The quantitative estimate of drug-likeness (QED) is 0.413. The Morgan fingerprint density at radius 1 is 0.923 bits per heavy atom. The molecule has 2 aromatic heterocycles. The van der Waals surface area contributed by atoms with E-state index in [0.717, 1.165) is 35.5 Å². The van der Waals surface area contributed by atoms with Crippen molar-refractivity contribution < 1.29 is 14.2 Å². The molecule has 0 bridgehead atoms. The number of hydrogen-bond acceptors (Lipinski definition) is 7. The molecule has 7 heteroatoms. The molecule has 3 aliphatic rings. The molecule has 0 aromatic carbocycles. The van der Waals surface area contributed by atoms with Crippen molar-refractivity contribution in [2.24, 2.45) is 0 Å². The first-order valence-corrected chi connectivity index (χ1v) is 12.6. The van der Waals surface area contributed by atoms with E-state index < -0.39 is 5.60 Å². The van der Waals surface area contributed by atoms with Gasteiger partial charge in [-0.05, 0) is 67.3 Å². The van der Waals surface area contributed by atoms with E-state index in [9.17, 15) is 0 Å². The number of nitrogen functional groups attached to an aromatic ring is 2. The highest BCUT2D eigenvalue weighted by atomic mass is 16.5. The molecule has 0 amide bonds. The number of nitrogens with two attached hydrogens (primary N) is 2. The van der Waals surface area contributed by atoms with Crippen molar-refractivity contribution in [3.63, 3.8) is 0 Å². The van der Waals surface area contributed by atoms with Crippen molar-refractivity contribution in [2.75, 3.05) is 11.5 Å². The molecule has 0 saturated carbocycles. The van der Waals surface area contributed by atoms with Gasteiger partial charge in [0.05, 0.1) is 23.8 Å². The van der Waals surface area contributed by atoms with Crippen molar-refractivity contribution in [3.8, 4) is 11.8 Å². The summed E-state index contributed by atoms with van der Waals surface area (Å²) < 4.78 is 18.5. The van der Waals surface area contributed by atoms with Crippen LogP contribution in [-0.4, -0.2) is 21.7 Å². The van der Waals surface area contributed by atoms with E-state index in [1.54, 1.807) is 36.7 Å². The van der Waals surface area contributed by atoms with Gasteiger partial charge in [-0.2, -0.15) is 0 Å². The van der Waals surface area contributed by atoms with Crippen LogP contribution in [0, 0.1) is 0 Å². The van der Waals surface area contributed by atoms with Crippen LogP contribution in [-0.2, 0) is 4.74 Å². The Hall–Kier alpha value is -4.26. The number of anilines is 2. The first kappa shape index (κ1) is 31.0. The van der Waals surface area contributed by atoms with Crippen LogP contribution in [0.3, 0.4) is 0 Å². The summed E-state index contributed by atoms with van der Waals surface area (Å²) in [6.07, 6.45) is 21.9. The summed E-state index contributed by atoms with van der Waals surface area (Å²) in [6, 6.07) is 7.08. The first-order chi connectivity index (χ1) is 18.0. The summed E-state index contributed by atoms with van der Waals surface area (Å²) in [5, 5.41) is 0. The average molecular weight is 531 g/mol. The zero-order valence-corrected chi connectivity index (χ0v) is 21.6. The van der Waals surface area contributed by atoms with Crippen molar-refractivity contribution in [1.82, 2.24) is 9.97 Å². The predicted octanol–water partition coefficient (Wildman–Crippen LogP) is 7.49. The second-order valence-corrected chi connectivity index (χ2v) is 8.85. The molecular weight excluding hydrogens is 488 g/mol. The maximum atomic E-state index is 6.44. The van der Waals surface area contributed by atoms with E-state index in [2.05, 4.69) is 28.2 Å². The van der Waals surface area contributed by atoms with Crippen LogP contribution >= 0.6 is 0 Å². The molecule has 39 heavy (non-hydrogen) atoms. The summed E-state index contributed by atoms with van der Waals surface area (Å²) in [6.45, 7) is 5.99. The SMILES string of the molecule is C.C.CC.CC1(Oc2ccc(N)cn2)C=CC2=C(C=C1)OC(C1=CCC(Oc3ccc(N)cn3)=CC=C1)CC2. The molecular formula is C32H42N4O3. The zero-order chi connectivity index (χ0) is 26.3. The van der Waals surface area contributed by atoms with E-state index in [4.69, 9.17) is 25.7 Å². The number of rotatable bonds is 5. The Bertz CT molecular complexity index is 1270. The second kappa shape index (κ2) is 14.0. The van der Waals surface area contributed by atoms with E-state index >= 15 is 0 Å². The third-order valence-corrected chi connectivity index (χ3v) is 6.00. The van der Waals surface area contributed by atoms with Gasteiger partial charge in [0.15, 0.2) is 0 Å². The lowest BCUT2D eigenvalue weighted by atomic mass is 9.96. The lowest BCUT2D eigenvalue weighted by Gasteiger charge is -2.27. The Balaban J connectivity index is 0.00000130. The highest BCUT2D eigenvalue weighted by Gasteiger charge is 2.28. The summed E-state index contributed by atoms with van der Waals surface area (Å²) in [7, 11) is 0. The fraction of sp³-hybridized carbons (Fsp3) is 0.312. The maximum absolute atomic E-state index is 6.44. The van der Waals surface area contributed by atoms with Gasteiger partial charge >= 0.3 is 0 Å². The summed E-state index contributed by atoms with van der Waals surface area (Å²) in [5.41, 5.74) is 14.3. The van der Waals surface area contributed by atoms with E-state index in [1.807, 2.05) is 51.2 Å². The normalized spacial score (nSPS) is 21.2. The number of allylic oxidation sites excluding steroid dienone is 6. The lowest BCUT2D eigenvalue weighted by molar-refractivity contribution is 0.132. The monoisotopic (exact) mass is 530 g/mol. The Morgan fingerprint density at radius 3 is 2.26 bits per heavy atom. The summed E-state index contributed by atoms with van der Waals surface area (Å²) in [5.74, 6) is 2.72. The minimum Gasteiger partial charge on any atom is -0.485 e. The van der Waals surface area contributed by atoms with Gasteiger partial charge in [0, 0.05) is 18.6 Å². The first-order valence-electron chi connectivity index (χ1n) is 12.6. The smallest absolute Gasteiger partial charge is 0.218 e. The Labute approximate surface area is 233 Å². The molecule has 208 valence electrons. The Morgan fingerprint density at radius 2 is 1.59 bits per heavy atom. The lowest BCUT2D eigenvalue weighted by Crippen LogP contribution is -2.27. The fourth-order valence-electron chi connectivity index (χ4n) is 4.07. The number of ether oxygens (including phenoxy) is 3. The van der Waals surface area contributed by atoms with Gasteiger partial charge in [0.25, 0.3) is 0 Å². The zero-order valence-electron chi connectivity index (χ0n) is 21.6. The molecule has 0 fully saturated rings. The van der Waals surface area contributed by atoms with Gasteiger partial charge in [0.1, 0.15) is 23.2 Å². The van der Waals surface area contributed by atoms with Crippen LogP contribution in [0.2, 0.25) is 0 Å². The van der Waals surface area contributed by atoms with E-state index in [-0.39, 0.29) is 21.0 Å². The minimum absolute atomic E-state index is 0. The molecule has 4 N–H and O–H groups in total. The summed E-state index contributed by atoms with van der Waals surface area (Å²) in [4.78, 5) is 8.47. The molecule has 7 nitrogen and oxygen atoms in total. The van der Waals surface area contributed by atoms with Gasteiger partial charge in [-0.25, -0.2) is 9.97 Å². The summed E-state index contributed by atoms with van der Waals surface area (Å²) >= 11 is 0. The van der Waals surface area contributed by atoms with E-state index in [0.29, 0.717) is 29.6 Å². The predicted molar refractivity (Wildman–Crippen MR) is 161 cm³/mol. The van der Waals surface area contributed by atoms with Crippen molar-refractivity contribution in [1.29, 1.82) is 0 Å². The third-order valence-electron chi connectivity index (χ3n) is 6.00. The highest BCUT2D eigenvalue weighted by Crippen LogP contribution is 2.34. The van der Waals surface area contributed by atoms with Crippen LogP contribution in [0.25, 0.3) is 0 Å². The standard InChI is InChI=1S/C28H28N4O3.C2H6.2CH4/c1-28(35-27-12-8-22(30)18-32-27)15-13-20-6-10-24(34-25(20)14-16-28)19-3-2-4-23(9-5-19)33-26-11-7-21(29)17-31-26;1-2;;/h2-5,7-8,11-18,24H,6,9-10,29-30H2,1H3;1-2H3;2*1H4. The average Bonchev–Trinajstić information content (AvgIpc) is 3.25. The van der Waals surface area contributed by atoms with Crippen molar-refractivity contribution >= 4 is 11.4 Å². The van der Waals surface area contributed by atoms with Gasteiger partial charge in [0.2, 0.25) is 11.8 Å². The topological polar surface area (TPSA) is 106 Å². The molecule has 2 unspecified atom stereocenters. The number of aromatic nitrogens is 2. The number of nitrogens with zero attached hydrogens (tertiary/aromatic N) is 2.